The summed E-state index contributed by atoms with van der Waals surface area (Å²) in [5.41, 5.74) is 0. The number of alkyl halides is 3. The van der Waals surface area contributed by atoms with Crippen LogP contribution in [-0.2, 0) is 10.9 Å². The molecule has 0 atom stereocenters. The molecule has 2 rings (SSSR count). The highest BCUT2D eigenvalue weighted by Crippen LogP contribution is 2.36. The number of halogens is 3. The Morgan fingerprint density at radius 1 is 1.30 bits per heavy atom. The van der Waals surface area contributed by atoms with E-state index >= 15 is 0 Å². The molecule has 1 fully saturated rings. The first-order valence-corrected chi connectivity index (χ1v) is 7.40. The molecule has 0 N–H and O–H groups in total. The van der Waals surface area contributed by atoms with Gasteiger partial charge in [-0.3, -0.25) is 4.90 Å². The van der Waals surface area contributed by atoms with Crippen molar-refractivity contribution in [3.63, 3.8) is 0 Å². The van der Waals surface area contributed by atoms with Gasteiger partial charge in [-0.15, -0.1) is 0 Å². The molecule has 2 heterocycles. The molecule has 0 radical (unpaired) electrons. The van der Waals surface area contributed by atoms with Gasteiger partial charge in [0.2, 0.25) is 0 Å². The molecule has 0 unspecified atom stereocenters. The van der Waals surface area contributed by atoms with E-state index < -0.39 is 11.1 Å². The standard InChI is InChI=1S/C12H18F3N3OS/c1-2-19-8-7-17-3-5-18(6-4-17)11-16-9-10(20-11)12(13,14)15/h9H,2-8H2,1H3. The lowest BCUT2D eigenvalue weighted by molar-refractivity contribution is -0.134. The van der Waals surface area contributed by atoms with Crippen molar-refractivity contribution >= 4 is 16.5 Å². The molecule has 1 aliphatic rings. The maximum atomic E-state index is 12.5. The fourth-order valence-corrected chi connectivity index (χ4v) is 2.88. The largest absolute Gasteiger partial charge is 0.427 e. The predicted molar refractivity (Wildman–Crippen MR) is 72.3 cm³/mol. The van der Waals surface area contributed by atoms with Crippen LogP contribution in [-0.4, -0.2) is 55.8 Å². The molecule has 0 amide bonds. The number of anilines is 1. The second-order valence-electron chi connectivity index (χ2n) is 4.53. The number of thiazole rings is 1. The maximum absolute atomic E-state index is 12.5. The summed E-state index contributed by atoms with van der Waals surface area (Å²) < 4.78 is 42.9. The van der Waals surface area contributed by atoms with Crippen molar-refractivity contribution in [1.29, 1.82) is 0 Å². The molecule has 8 heteroatoms. The Morgan fingerprint density at radius 3 is 2.55 bits per heavy atom. The zero-order valence-corrected chi connectivity index (χ0v) is 12.1. The Kier molecular flexibility index (Phi) is 5.22. The molecule has 1 aromatic rings. The molecule has 0 aromatic carbocycles. The van der Waals surface area contributed by atoms with Crippen LogP contribution in [0, 0.1) is 0 Å². The zero-order chi connectivity index (χ0) is 14.6. The Labute approximate surface area is 120 Å². The zero-order valence-electron chi connectivity index (χ0n) is 11.3. The summed E-state index contributed by atoms with van der Waals surface area (Å²) in [6, 6.07) is 0. The fraction of sp³-hybridized carbons (Fsp3) is 0.750. The van der Waals surface area contributed by atoms with Crippen LogP contribution < -0.4 is 4.90 Å². The van der Waals surface area contributed by atoms with Gasteiger partial charge >= 0.3 is 6.18 Å². The number of ether oxygens (including phenoxy) is 1. The van der Waals surface area contributed by atoms with Gasteiger partial charge in [0.25, 0.3) is 0 Å². The Morgan fingerprint density at radius 2 is 2.00 bits per heavy atom. The normalized spacial score (nSPS) is 17.7. The highest BCUT2D eigenvalue weighted by Gasteiger charge is 2.34. The van der Waals surface area contributed by atoms with Crippen molar-refractivity contribution in [1.82, 2.24) is 9.88 Å². The fourth-order valence-electron chi connectivity index (χ4n) is 2.04. The molecular formula is C12H18F3N3OS. The van der Waals surface area contributed by atoms with E-state index in [1.165, 1.54) is 0 Å². The topological polar surface area (TPSA) is 28.6 Å². The monoisotopic (exact) mass is 309 g/mol. The van der Waals surface area contributed by atoms with Crippen molar-refractivity contribution < 1.29 is 17.9 Å². The Hall–Kier alpha value is -0.860. The third kappa shape index (κ3) is 4.07. The molecular weight excluding hydrogens is 291 g/mol. The lowest BCUT2D eigenvalue weighted by Crippen LogP contribution is -2.47. The van der Waals surface area contributed by atoms with Gasteiger partial charge in [-0.2, -0.15) is 13.2 Å². The SMILES string of the molecule is CCOCCN1CCN(c2ncc(C(F)(F)F)s2)CC1. The van der Waals surface area contributed by atoms with E-state index in [0.29, 0.717) is 42.8 Å². The lowest BCUT2D eigenvalue weighted by Gasteiger charge is -2.34. The van der Waals surface area contributed by atoms with E-state index in [0.717, 1.165) is 25.8 Å². The van der Waals surface area contributed by atoms with E-state index in [4.69, 9.17) is 4.74 Å². The lowest BCUT2D eigenvalue weighted by atomic mass is 10.3. The molecule has 20 heavy (non-hydrogen) atoms. The van der Waals surface area contributed by atoms with Crippen LogP contribution in [0.4, 0.5) is 18.3 Å². The second kappa shape index (κ2) is 6.73. The minimum atomic E-state index is -4.30. The van der Waals surface area contributed by atoms with Crippen molar-refractivity contribution in [3.8, 4) is 0 Å². The van der Waals surface area contributed by atoms with Gasteiger partial charge in [-0.25, -0.2) is 4.98 Å². The quantitative estimate of drug-likeness (QED) is 0.781. The highest BCUT2D eigenvalue weighted by atomic mass is 32.1. The molecule has 1 aliphatic heterocycles. The molecule has 0 saturated carbocycles. The Balaban J connectivity index is 1.83. The number of hydrogen-bond donors (Lipinski definition) is 0. The van der Waals surface area contributed by atoms with Gasteiger partial charge in [0.15, 0.2) is 5.13 Å². The number of hydrogen-bond acceptors (Lipinski definition) is 5. The number of nitrogens with zero attached hydrogens (tertiary/aromatic N) is 3. The van der Waals surface area contributed by atoms with Gasteiger partial charge in [0.1, 0.15) is 4.88 Å². The van der Waals surface area contributed by atoms with Crippen LogP contribution in [0.5, 0.6) is 0 Å². The third-order valence-electron chi connectivity index (χ3n) is 3.17. The van der Waals surface area contributed by atoms with Crippen LogP contribution in [0.15, 0.2) is 6.20 Å². The van der Waals surface area contributed by atoms with Gasteiger partial charge in [0.05, 0.1) is 12.8 Å². The van der Waals surface area contributed by atoms with E-state index in [2.05, 4.69) is 9.88 Å². The smallest absolute Gasteiger partial charge is 0.380 e. The van der Waals surface area contributed by atoms with Gasteiger partial charge in [0, 0.05) is 39.3 Å². The Bertz CT molecular complexity index is 416. The van der Waals surface area contributed by atoms with E-state index in [1.54, 1.807) is 0 Å². The van der Waals surface area contributed by atoms with Gasteiger partial charge in [-0.05, 0) is 6.92 Å². The minimum absolute atomic E-state index is 0.460. The highest BCUT2D eigenvalue weighted by molar-refractivity contribution is 7.15. The molecule has 0 spiro atoms. The second-order valence-corrected chi connectivity index (χ2v) is 5.54. The van der Waals surface area contributed by atoms with Gasteiger partial charge < -0.3 is 9.64 Å². The molecule has 1 aromatic heterocycles. The van der Waals surface area contributed by atoms with Crippen LogP contribution >= 0.6 is 11.3 Å². The van der Waals surface area contributed by atoms with Crippen LogP contribution in [0.2, 0.25) is 0 Å². The number of aromatic nitrogens is 1. The maximum Gasteiger partial charge on any atom is 0.427 e. The van der Waals surface area contributed by atoms with Crippen molar-refractivity contribution in [2.45, 2.75) is 13.1 Å². The van der Waals surface area contributed by atoms with Crippen molar-refractivity contribution in [2.24, 2.45) is 0 Å². The first-order chi connectivity index (χ1) is 9.50. The molecule has 114 valence electrons. The van der Waals surface area contributed by atoms with Crippen LogP contribution in [0.1, 0.15) is 11.8 Å². The van der Waals surface area contributed by atoms with Crippen molar-refractivity contribution in [2.75, 3.05) is 50.8 Å². The summed E-state index contributed by atoms with van der Waals surface area (Å²) in [4.78, 5) is 7.42. The van der Waals surface area contributed by atoms with Gasteiger partial charge in [-0.1, -0.05) is 11.3 Å². The minimum Gasteiger partial charge on any atom is -0.380 e. The summed E-state index contributed by atoms with van der Waals surface area (Å²) in [5.74, 6) is 0. The first kappa shape index (κ1) is 15.5. The molecule has 0 aliphatic carbocycles. The molecule has 0 bridgehead atoms. The van der Waals surface area contributed by atoms with Crippen molar-refractivity contribution in [3.05, 3.63) is 11.1 Å². The summed E-state index contributed by atoms with van der Waals surface area (Å²) in [7, 11) is 0. The summed E-state index contributed by atoms with van der Waals surface area (Å²) >= 11 is 0.716. The first-order valence-electron chi connectivity index (χ1n) is 6.58. The average molecular weight is 309 g/mol. The number of rotatable bonds is 5. The van der Waals surface area contributed by atoms with E-state index in [-0.39, 0.29) is 0 Å². The summed E-state index contributed by atoms with van der Waals surface area (Å²) in [6.45, 7) is 7.30. The summed E-state index contributed by atoms with van der Waals surface area (Å²) in [6.07, 6.45) is -3.38. The number of piperazine rings is 1. The summed E-state index contributed by atoms with van der Waals surface area (Å²) in [5, 5.41) is 0.460. The van der Waals surface area contributed by atoms with Crippen LogP contribution in [0.3, 0.4) is 0 Å². The third-order valence-corrected chi connectivity index (χ3v) is 4.27. The van der Waals surface area contributed by atoms with E-state index in [1.807, 2.05) is 11.8 Å². The van der Waals surface area contributed by atoms with Crippen LogP contribution in [0.25, 0.3) is 0 Å². The predicted octanol–water partition coefficient (Wildman–Crippen LogP) is 2.32. The molecule has 1 saturated heterocycles. The van der Waals surface area contributed by atoms with E-state index in [9.17, 15) is 13.2 Å². The molecule has 4 nitrogen and oxygen atoms in total. The average Bonchev–Trinajstić information content (AvgIpc) is 2.89.